The highest BCUT2D eigenvalue weighted by Gasteiger charge is 2.30. The van der Waals surface area contributed by atoms with Gasteiger partial charge in [-0.05, 0) is 49.1 Å². The maximum Gasteiger partial charge on any atom is 0.242 e. The Bertz CT molecular complexity index is 1170. The van der Waals surface area contributed by atoms with Crippen LogP contribution in [0.2, 0.25) is 15.1 Å². The number of halogens is 3. The quantitative estimate of drug-likeness (QED) is 0.321. The van der Waals surface area contributed by atoms with E-state index < -0.39 is 16.1 Å². The zero-order valence-corrected chi connectivity index (χ0v) is 24.6. The van der Waals surface area contributed by atoms with Crippen LogP contribution in [0, 0.1) is 5.92 Å². The number of carbonyl (C=O) groups excluding carboxylic acids is 2. The summed E-state index contributed by atoms with van der Waals surface area (Å²) in [4.78, 5) is 28.0. The number of carbonyl (C=O) groups is 2. The molecule has 0 fully saturated rings. The molecule has 0 spiro atoms. The van der Waals surface area contributed by atoms with Crippen LogP contribution >= 0.6 is 34.8 Å². The fourth-order valence-electron chi connectivity index (χ4n) is 3.83. The first-order valence-electron chi connectivity index (χ1n) is 12.1. The molecule has 2 aromatic carbocycles. The van der Waals surface area contributed by atoms with Crippen molar-refractivity contribution >= 4 is 62.3 Å². The highest BCUT2D eigenvalue weighted by molar-refractivity contribution is 7.92. The minimum Gasteiger partial charge on any atom is -0.354 e. The zero-order chi connectivity index (χ0) is 27.8. The summed E-state index contributed by atoms with van der Waals surface area (Å²) in [6.07, 6.45) is 1.74. The van der Waals surface area contributed by atoms with Gasteiger partial charge in [0, 0.05) is 46.7 Å². The lowest BCUT2D eigenvalue weighted by molar-refractivity contribution is -0.141. The van der Waals surface area contributed by atoms with Gasteiger partial charge in [0.2, 0.25) is 21.8 Å². The van der Waals surface area contributed by atoms with E-state index in [4.69, 9.17) is 34.8 Å². The SMILES string of the molecule is CC[C@H](C(=O)NCC(C)C)N(Cc1c(Cl)cccc1Cl)C(=O)CCCN(c1cccc(Cl)c1)S(C)(=O)=O. The van der Waals surface area contributed by atoms with Crippen LogP contribution in [-0.4, -0.2) is 50.5 Å². The molecule has 0 saturated carbocycles. The number of amides is 2. The summed E-state index contributed by atoms with van der Waals surface area (Å²) in [5, 5.41) is 4.10. The Hall–Kier alpha value is -2.00. The summed E-state index contributed by atoms with van der Waals surface area (Å²) in [6.45, 7) is 6.41. The van der Waals surface area contributed by atoms with Gasteiger partial charge in [-0.3, -0.25) is 13.9 Å². The molecule has 0 unspecified atom stereocenters. The van der Waals surface area contributed by atoms with Crippen LogP contribution in [0.4, 0.5) is 5.69 Å². The van der Waals surface area contributed by atoms with Crippen molar-refractivity contribution in [1.82, 2.24) is 10.2 Å². The third-order valence-electron chi connectivity index (χ3n) is 5.71. The lowest BCUT2D eigenvalue weighted by atomic mass is 10.1. The molecule has 0 bridgehead atoms. The standard InChI is InChI=1S/C26H34Cl3N3O4S/c1-5-24(26(34)30-16-18(2)3)31(17-21-22(28)11-7-12-23(21)29)25(33)13-8-14-32(37(4,35)36)20-10-6-9-19(27)15-20/h6-7,9-12,15,18,24H,5,8,13-14,16-17H2,1-4H3,(H,30,34)/t24-/m1/s1. The maximum absolute atomic E-state index is 13.5. The molecule has 2 aromatic rings. The number of hydrogen-bond acceptors (Lipinski definition) is 4. The van der Waals surface area contributed by atoms with E-state index in [2.05, 4.69) is 5.32 Å². The van der Waals surface area contributed by atoms with Crippen LogP contribution in [0.3, 0.4) is 0 Å². The normalized spacial score (nSPS) is 12.3. The first-order chi connectivity index (χ1) is 17.3. The molecule has 0 radical (unpaired) electrons. The molecule has 11 heteroatoms. The van der Waals surface area contributed by atoms with Crippen LogP contribution in [0.5, 0.6) is 0 Å². The average Bonchev–Trinajstić information content (AvgIpc) is 2.81. The van der Waals surface area contributed by atoms with Gasteiger partial charge in [0.05, 0.1) is 11.9 Å². The molecule has 2 amide bonds. The summed E-state index contributed by atoms with van der Waals surface area (Å²) in [5.41, 5.74) is 0.965. The summed E-state index contributed by atoms with van der Waals surface area (Å²) in [7, 11) is -3.61. The van der Waals surface area contributed by atoms with Gasteiger partial charge in [0.1, 0.15) is 6.04 Å². The molecule has 1 atom stereocenters. The van der Waals surface area contributed by atoms with Gasteiger partial charge < -0.3 is 10.2 Å². The Kier molecular flexibility index (Phi) is 12.0. The van der Waals surface area contributed by atoms with Crippen LogP contribution in [0.1, 0.15) is 45.6 Å². The Labute approximate surface area is 235 Å². The van der Waals surface area contributed by atoms with Crippen molar-refractivity contribution in [3.05, 3.63) is 63.1 Å². The third kappa shape index (κ3) is 9.36. The predicted octanol–water partition coefficient (Wildman–Crippen LogP) is 5.77. The summed E-state index contributed by atoms with van der Waals surface area (Å²) >= 11 is 18.8. The van der Waals surface area contributed by atoms with E-state index in [0.29, 0.717) is 39.3 Å². The highest BCUT2D eigenvalue weighted by Crippen LogP contribution is 2.28. The molecule has 37 heavy (non-hydrogen) atoms. The third-order valence-corrected chi connectivity index (χ3v) is 7.85. The van der Waals surface area contributed by atoms with Crippen molar-refractivity contribution in [2.24, 2.45) is 5.92 Å². The highest BCUT2D eigenvalue weighted by atomic mass is 35.5. The van der Waals surface area contributed by atoms with E-state index >= 15 is 0 Å². The first kappa shape index (κ1) is 31.2. The maximum atomic E-state index is 13.5. The van der Waals surface area contributed by atoms with Crippen molar-refractivity contribution in [1.29, 1.82) is 0 Å². The van der Waals surface area contributed by atoms with E-state index in [0.717, 1.165) is 6.26 Å². The summed E-state index contributed by atoms with van der Waals surface area (Å²) < 4.78 is 26.1. The van der Waals surface area contributed by atoms with Crippen LogP contribution < -0.4 is 9.62 Å². The predicted molar refractivity (Wildman–Crippen MR) is 152 cm³/mol. The number of nitrogens with zero attached hydrogens (tertiary/aromatic N) is 2. The lowest BCUT2D eigenvalue weighted by Crippen LogP contribution is -2.49. The smallest absolute Gasteiger partial charge is 0.242 e. The van der Waals surface area contributed by atoms with Crippen molar-refractivity contribution < 1.29 is 18.0 Å². The Morgan fingerprint density at radius 2 is 1.65 bits per heavy atom. The minimum atomic E-state index is -3.61. The molecule has 0 heterocycles. The van der Waals surface area contributed by atoms with Gasteiger partial charge in [-0.15, -0.1) is 0 Å². The number of hydrogen-bond donors (Lipinski definition) is 1. The second-order valence-corrected chi connectivity index (χ2v) is 12.4. The molecule has 0 aliphatic rings. The molecule has 2 rings (SSSR count). The monoisotopic (exact) mass is 589 g/mol. The fourth-order valence-corrected chi connectivity index (χ4v) is 5.49. The molecule has 1 N–H and O–H groups in total. The molecule has 0 aromatic heterocycles. The molecule has 0 aliphatic carbocycles. The lowest BCUT2D eigenvalue weighted by Gasteiger charge is -2.32. The van der Waals surface area contributed by atoms with E-state index in [1.807, 2.05) is 20.8 Å². The van der Waals surface area contributed by atoms with Crippen molar-refractivity contribution in [3.8, 4) is 0 Å². The first-order valence-corrected chi connectivity index (χ1v) is 15.1. The van der Waals surface area contributed by atoms with Crippen molar-refractivity contribution in [2.45, 2.75) is 52.6 Å². The number of rotatable bonds is 13. The average molecular weight is 591 g/mol. The molecule has 0 aliphatic heterocycles. The number of benzene rings is 2. The van der Waals surface area contributed by atoms with E-state index in [9.17, 15) is 18.0 Å². The second-order valence-electron chi connectivity index (χ2n) is 9.20. The van der Waals surface area contributed by atoms with Gasteiger partial charge >= 0.3 is 0 Å². The fraction of sp³-hybridized carbons (Fsp3) is 0.462. The molecular formula is C26H34Cl3N3O4S. The van der Waals surface area contributed by atoms with Crippen LogP contribution in [-0.2, 0) is 26.2 Å². The van der Waals surface area contributed by atoms with Gasteiger partial charge in [0.25, 0.3) is 0 Å². The summed E-state index contributed by atoms with van der Waals surface area (Å²) in [6, 6.07) is 10.9. The molecule has 204 valence electrons. The number of anilines is 1. The van der Waals surface area contributed by atoms with Crippen molar-refractivity contribution in [3.63, 3.8) is 0 Å². The number of sulfonamides is 1. The van der Waals surface area contributed by atoms with Gasteiger partial charge in [-0.25, -0.2) is 8.42 Å². The second kappa shape index (κ2) is 14.2. The molecule has 0 saturated heterocycles. The Morgan fingerprint density at radius 3 is 2.19 bits per heavy atom. The zero-order valence-electron chi connectivity index (χ0n) is 21.5. The van der Waals surface area contributed by atoms with E-state index in [1.54, 1.807) is 42.5 Å². The van der Waals surface area contributed by atoms with Gasteiger partial charge in [-0.2, -0.15) is 0 Å². The summed E-state index contributed by atoms with van der Waals surface area (Å²) in [5.74, 6) is -0.316. The van der Waals surface area contributed by atoms with Gasteiger partial charge in [0.15, 0.2) is 0 Å². The largest absolute Gasteiger partial charge is 0.354 e. The van der Waals surface area contributed by atoms with Gasteiger partial charge in [-0.1, -0.05) is 67.7 Å². The minimum absolute atomic E-state index is 0.0165. The Morgan fingerprint density at radius 1 is 1.03 bits per heavy atom. The molecular weight excluding hydrogens is 557 g/mol. The van der Waals surface area contributed by atoms with E-state index in [1.165, 1.54) is 9.21 Å². The van der Waals surface area contributed by atoms with Crippen LogP contribution in [0.15, 0.2) is 42.5 Å². The van der Waals surface area contributed by atoms with E-state index in [-0.39, 0.29) is 43.7 Å². The number of nitrogens with one attached hydrogen (secondary N) is 1. The topological polar surface area (TPSA) is 86.8 Å². The van der Waals surface area contributed by atoms with Crippen molar-refractivity contribution in [2.75, 3.05) is 23.7 Å². The van der Waals surface area contributed by atoms with Crippen LogP contribution in [0.25, 0.3) is 0 Å². The molecule has 7 nitrogen and oxygen atoms in total. The Balaban J connectivity index is 2.27.